The van der Waals surface area contributed by atoms with Crippen LogP contribution in [0.3, 0.4) is 0 Å². The van der Waals surface area contributed by atoms with E-state index in [1.807, 2.05) is 49.4 Å². The van der Waals surface area contributed by atoms with Gasteiger partial charge < -0.3 is 0 Å². The van der Waals surface area contributed by atoms with E-state index in [0.717, 1.165) is 16.5 Å². The molecule has 0 aliphatic carbocycles. The maximum atomic E-state index is 12.7. The van der Waals surface area contributed by atoms with Gasteiger partial charge in [0.25, 0.3) is 0 Å². The number of fused-ring (bicyclic) bond motifs is 1. The van der Waals surface area contributed by atoms with Gasteiger partial charge in [0.05, 0.1) is 18.0 Å². The Bertz CT molecular complexity index is 1070. The van der Waals surface area contributed by atoms with Crippen LogP contribution in [0.4, 0.5) is 0 Å². The smallest absolute Gasteiger partial charge is 0.242 e. The maximum Gasteiger partial charge on any atom is 0.242 e. The van der Waals surface area contributed by atoms with Crippen molar-refractivity contribution in [1.29, 1.82) is 0 Å². The fourth-order valence-corrected chi connectivity index (χ4v) is 4.13. The van der Waals surface area contributed by atoms with Crippen LogP contribution in [-0.2, 0) is 11.3 Å². The number of rotatable bonds is 4. The Morgan fingerprint density at radius 3 is 2.61 bits per heavy atom. The van der Waals surface area contributed by atoms with E-state index < -0.39 is 0 Å². The standard InChI is InChI=1S/C23H21N3OS/c1-16-10-12-18(13-11-16)14-24-25-23-26(22(27)17(2)28-23)15-20-8-5-7-19-6-3-4-9-21(19)20/h3-14,17H,15H2,1-2H3/b24-14+,25-23+. The third-order valence-electron chi connectivity index (χ3n) is 4.76. The van der Waals surface area contributed by atoms with Crippen LogP contribution in [0.2, 0.25) is 0 Å². The molecule has 1 aliphatic heterocycles. The van der Waals surface area contributed by atoms with E-state index in [1.165, 1.54) is 22.7 Å². The second kappa shape index (κ2) is 7.98. The molecule has 0 aromatic heterocycles. The molecule has 1 atom stereocenters. The van der Waals surface area contributed by atoms with Crippen LogP contribution in [0.25, 0.3) is 10.8 Å². The highest BCUT2D eigenvalue weighted by atomic mass is 32.2. The molecule has 28 heavy (non-hydrogen) atoms. The lowest BCUT2D eigenvalue weighted by molar-refractivity contribution is -0.126. The van der Waals surface area contributed by atoms with Crippen LogP contribution >= 0.6 is 11.8 Å². The number of benzene rings is 3. The molecule has 1 amide bonds. The Kier molecular flexibility index (Phi) is 5.26. The SMILES string of the molecule is Cc1ccc(/C=N/N=C2/SC(C)C(=O)N2Cc2cccc3ccccc23)cc1. The van der Waals surface area contributed by atoms with Crippen molar-refractivity contribution in [2.75, 3.05) is 0 Å². The number of hydrogen-bond acceptors (Lipinski definition) is 4. The van der Waals surface area contributed by atoms with Crippen molar-refractivity contribution in [1.82, 2.24) is 4.90 Å². The summed E-state index contributed by atoms with van der Waals surface area (Å²) >= 11 is 1.46. The molecule has 1 heterocycles. The van der Waals surface area contributed by atoms with Crippen molar-refractivity contribution >= 4 is 39.8 Å². The van der Waals surface area contributed by atoms with Gasteiger partial charge in [-0.1, -0.05) is 84.1 Å². The summed E-state index contributed by atoms with van der Waals surface area (Å²) in [5.41, 5.74) is 3.30. The van der Waals surface area contributed by atoms with E-state index in [-0.39, 0.29) is 11.2 Å². The molecule has 0 radical (unpaired) electrons. The molecule has 0 spiro atoms. The van der Waals surface area contributed by atoms with Gasteiger partial charge in [-0.3, -0.25) is 9.69 Å². The molecule has 3 aromatic carbocycles. The first kappa shape index (κ1) is 18.4. The van der Waals surface area contributed by atoms with Gasteiger partial charge in [0.2, 0.25) is 5.91 Å². The second-order valence-electron chi connectivity index (χ2n) is 6.86. The number of carbonyl (C=O) groups excluding carboxylic acids is 1. The highest BCUT2D eigenvalue weighted by Crippen LogP contribution is 2.30. The number of carbonyl (C=O) groups is 1. The molecular weight excluding hydrogens is 366 g/mol. The number of amides is 1. The van der Waals surface area contributed by atoms with Gasteiger partial charge >= 0.3 is 0 Å². The number of thioether (sulfide) groups is 1. The molecule has 1 fully saturated rings. The topological polar surface area (TPSA) is 45.0 Å². The van der Waals surface area contributed by atoms with E-state index in [2.05, 4.69) is 41.4 Å². The molecular formula is C23H21N3OS. The van der Waals surface area contributed by atoms with Gasteiger partial charge in [-0.15, -0.1) is 5.10 Å². The van der Waals surface area contributed by atoms with E-state index in [0.29, 0.717) is 11.7 Å². The van der Waals surface area contributed by atoms with Crippen LogP contribution < -0.4 is 0 Å². The van der Waals surface area contributed by atoms with Crippen molar-refractivity contribution in [3.05, 3.63) is 83.4 Å². The van der Waals surface area contributed by atoms with Crippen LogP contribution in [0.1, 0.15) is 23.6 Å². The molecule has 0 N–H and O–H groups in total. The highest BCUT2D eigenvalue weighted by molar-refractivity contribution is 8.15. The third-order valence-corrected chi connectivity index (χ3v) is 5.83. The van der Waals surface area contributed by atoms with Crippen molar-refractivity contribution in [3.63, 3.8) is 0 Å². The minimum atomic E-state index is -0.150. The van der Waals surface area contributed by atoms with Crippen molar-refractivity contribution < 1.29 is 4.79 Å². The van der Waals surface area contributed by atoms with Crippen LogP contribution in [0.5, 0.6) is 0 Å². The van der Waals surface area contributed by atoms with Crippen molar-refractivity contribution in [2.24, 2.45) is 10.2 Å². The molecule has 1 aliphatic rings. The lowest BCUT2D eigenvalue weighted by Gasteiger charge is -2.17. The van der Waals surface area contributed by atoms with Crippen LogP contribution in [0.15, 0.2) is 76.9 Å². The molecule has 140 valence electrons. The predicted octanol–water partition coefficient (Wildman–Crippen LogP) is 5.00. The van der Waals surface area contributed by atoms with E-state index in [1.54, 1.807) is 11.1 Å². The molecule has 1 unspecified atom stereocenters. The molecule has 0 saturated carbocycles. The van der Waals surface area contributed by atoms with Crippen molar-refractivity contribution in [3.8, 4) is 0 Å². The van der Waals surface area contributed by atoms with Gasteiger partial charge in [0, 0.05) is 0 Å². The minimum absolute atomic E-state index is 0.0715. The van der Waals surface area contributed by atoms with E-state index in [9.17, 15) is 4.79 Å². The molecule has 4 nitrogen and oxygen atoms in total. The fraction of sp³-hybridized carbons (Fsp3) is 0.174. The summed E-state index contributed by atoms with van der Waals surface area (Å²) in [6.07, 6.45) is 1.72. The Morgan fingerprint density at radius 2 is 1.79 bits per heavy atom. The van der Waals surface area contributed by atoms with Gasteiger partial charge in [0.15, 0.2) is 5.17 Å². The summed E-state index contributed by atoms with van der Waals surface area (Å²) < 4.78 is 0. The molecule has 5 heteroatoms. The second-order valence-corrected chi connectivity index (χ2v) is 8.17. The molecule has 3 aromatic rings. The zero-order chi connectivity index (χ0) is 19.5. The molecule has 0 bridgehead atoms. The summed E-state index contributed by atoms with van der Waals surface area (Å²) in [5.74, 6) is 0.0715. The first-order valence-corrected chi connectivity index (χ1v) is 10.1. The number of hydrogen-bond donors (Lipinski definition) is 0. The fourth-order valence-electron chi connectivity index (χ4n) is 3.21. The van der Waals surface area contributed by atoms with E-state index >= 15 is 0 Å². The van der Waals surface area contributed by atoms with Crippen molar-refractivity contribution in [2.45, 2.75) is 25.6 Å². The number of amidine groups is 1. The maximum absolute atomic E-state index is 12.7. The summed E-state index contributed by atoms with van der Waals surface area (Å²) in [7, 11) is 0. The first-order chi connectivity index (χ1) is 13.6. The highest BCUT2D eigenvalue weighted by Gasteiger charge is 2.35. The quantitative estimate of drug-likeness (QED) is 0.467. The third kappa shape index (κ3) is 3.85. The van der Waals surface area contributed by atoms with Gasteiger partial charge in [-0.2, -0.15) is 5.10 Å². The summed E-state index contributed by atoms with van der Waals surface area (Å²) in [6, 6.07) is 22.5. The summed E-state index contributed by atoms with van der Waals surface area (Å²) in [4.78, 5) is 14.4. The monoisotopic (exact) mass is 387 g/mol. The average molecular weight is 388 g/mol. The summed E-state index contributed by atoms with van der Waals surface area (Å²) in [5, 5.41) is 11.4. The zero-order valence-electron chi connectivity index (χ0n) is 15.9. The lowest BCUT2D eigenvalue weighted by atomic mass is 10.0. The lowest BCUT2D eigenvalue weighted by Crippen LogP contribution is -2.30. The van der Waals surface area contributed by atoms with E-state index in [4.69, 9.17) is 0 Å². The zero-order valence-corrected chi connectivity index (χ0v) is 16.7. The Morgan fingerprint density at radius 1 is 1.04 bits per heavy atom. The normalized spacial score (nSPS) is 18.6. The Hall–Kier alpha value is -2.92. The van der Waals surface area contributed by atoms with Crippen LogP contribution in [-0.4, -0.2) is 27.4 Å². The Labute approximate surface area is 169 Å². The van der Waals surface area contributed by atoms with Gasteiger partial charge in [-0.05, 0) is 35.7 Å². The number of nitrogens with zero attached hydrogens (tertiary/aromatic N) is 3. The Balaban J connectivity index is 1.60. The molecule has 4 rings (SSSR count). The predicted molar refractivity (Wildman–Crippen MR) is 118 cm³/mol. The largest absolute Gasteiger partial charge is 0.284 e. The first-order valence-electron chi connectivity index (χ1n) is 9.24. The minimum Gasteiger partial charge on any atom is -0.284 e. The molecule has 1 saturated heterocycles. The van der Waals surface area contributed by atoms with Gasteiger partial charge in [0.1, 0.15) is 0 Å². The van der Waals surface area contributed by atoms with Crippen LogP contribution in [0, 0.1) is 6.92 Å². The number of aryl methyl sites for hydroxylation is 1. The average Bonchev–Trinajstić information content (AvgIpc) is 2.97. The summed E-state index contributed by atoms with van der Waals surface area (Å²) in [6.45, 7) is 4.46. The van der Waals surface area contributed by atoms with Gasteiger partial charge in [-0.25, -0.2) is 0 Å².